The van der Waals surface area contributed by atoms with E-state index in [4.69, 9.17) is 5.73 Å². The van der Waals surface area contributed by atoms with E-state index in [0.29, 0.717) is 29.8 Å². The molecule has 0 spiro atoms. The lowest BCUT2D eigenvalue weighted by molar-refractivity contribution is 0.610. The van der Waals surface area contributed by atoms with Gasteiger partial charge >= 0.3 is 0 Å². The molecule has 0 radical (unpaired) electrons. The lowest BCUT2D eigenvalue weighted by atomic mass is 10.2. The molecule has 3 rings (SSSR count). The van der Waals surface area contributed by atoms with Crippen LogP contribution < -0.4 is 5.73 Å². The number of anilines is 1. The number of tetrazole rings is 1. The number of nitrogens with zero attached hydrogens (tertiary/aromatic N) is 8. The van der Waals surface area contributed by atoms with Gasteiger partial charge in [-0.15, -0.1) is 10.2 Å². The molecule has 0 saturated heterocycles. The lowest BCUT2D eigenvalue weighted by Gasteiger charge is -2.02. The number of hydrogen-bond donors (Lipinski definition) is 1. The number of nitrogen functional groups attached to an aromatic ring is 1. The molecule has 9 nitrogen and oxygen atoms in total. The van der Waals surface area contributed by atoms with E-state index in [1.807, 2.05) is 20.8 Å². The third-order valence-corrected chi connectivity index (χ3v) is 3.03. The zero-order chi connectivity index (χ0) is 13.6. The third kappa shape index (κ3) is 1.79. The molecule has 0 aromatic carbocycles. The Balaban J connectivity index is 2.10. The average molecular weight is 259 g/mol. The van der Waals surface area contributed by atoms with Crippen molar-refractivity contribution in [2.45, 2.75) is 27.3 Å². The smallest absolute Gasteiger partial charge is 0.223 e. The minimum atomic E-state index is 0.324. The summed E-state index contributed by atoms with van der Waals surface area (Å²) in [6.07, 6.45) is 0. The van der Waals surface area contributed by atoms with Gasteiger partial charge in [0.25, 0.3) is 0 Å². The highest BCUT2D eigenvalue weighted by Gasteiger charge is 2.13. The summed E-state index contributed by atoms with van der Waals surface area (Å²) in [5, 5.41) is 15.6. The molecule has 0 atom stereocenters. The Morgan fingerprint density at radius 1 is 1.16 bits per heavy atom. The van der Waals surface area contributed by atoms with Gasteiger partial charge in [0.15, 0.2) is 11.5 Å². The summed E-state index contributed by atoms with van der Waals surface area (Å²) in [5.41, 5.74) is 8.37. The summed E-state index contributed by atoms with van der Waals surface area (Å²) in [6, 6.07) is 0. The van der Waals surface area contributed by atoms with Crippen molar-refractivity contribution in [3.05, 3.63) is 22.9 Å². The highest BCUT2D eigenvalue weighted by molar-refractivity contribution is 5.52. The first-order chi connectivity index (χ1) is 9.06. The van der Waals surface area contributed by atoms with Crippen molar-refractivity contribution in [3.63, 3.8) is 0 Å². The molecule has 19 heavy (non-hydrogen) atoms. The summed E-state index contributed by atoms with van der Waals surface area (Å²) in [5.74, 6) is 1.63. The fraction of sp³-hybridized carbons (Fsp3) is 0.400. The molecule has 3 aromatic rings. The number of rotatable bonds is 2. The normalized spacial score (nSPS) is 11.3. The van der Waals surface area contributed by atoms with Crippen molar-refractivity contribution in [2.75, 3.05) is 5.73 Å². The van der Waals surface area contributed by atoms with Crippen LogP contribution in [0.2, 0.25) is 0 Å². The van der Waals surface area contributed by atoms with E-state index in [1.54, 1.807) is 4.68 Å². The van der Waals surface area contributed by atoms with Gasteiger partial charge in [-0.3, -0.25) is 0 Å². The molecule has 0 amide bonds. The molecule has 2 N–H and O–H groups in total. The molecular formula is C10H13N9. The van der Waals surface area contributed by atoms with Crippen LogP contribution in [0.25, 0.3) is 5.65 Å². The topological polar surface area (TPSA) is 113 Å². The third-order valence-electron chi connectivity index (χ3n) is 3.03. The molecule has 0 aliphatic rings. The zero-order valence-electron chi connectivity index (χ0n) is 10.9. The van der Waals surface area contributed by atoms with Crippen LogP contribution in [-0.2, 0) is 6.54 Å². The van der Waals surface area contributed by atoms with Gasteiger partial charge in [-0.25, -0.2) is 14.6 Å². The maximum absolute atomic E-state index is 5.84. The highest BCUT2D eigenvalue weighted by Crippen LogP contribution is 2.14. The van der Waals surface area contributed by atoms with Crippen LogP contribution in [0.3, 0.4) is 0 Å². The predicted molar refractivity (Wildman–Crippen MR) is 66.3 cm³/mol. The monoisotopic (exact) mass is 259 g/mol. The zero-order valence-corrected chi connectivity index (χ0v) is 10.9. The van der Waals surface area contributed by atoms with Gasteiger partial charge in [-0.05, 0) is 31.2 Å². The molecule has 0 bridgehead atoms. The molecule has 3 aromatic heterocycles. The fourth-order valence-corrected chi connectivity index (χ4v) is 1.82. The largest absolute Gasteiger partial charge is 0.368 e. The van der Waals surface area contributed by atoms with Crippen LogP contribution in [-0.4, -0.2) is 39.8 Å². The Labute approximate surface area is 108 Å². The first-order valence-corrected chi connectivity index (χ1v) is 5.77. The van der Waals surface area contributed by atoms with Crippen molar-refractivity contribution in [3.8, 4) is 0 Å². The summed E-state index contributed by atoms with van der Waals surface area (Å²) in [6.45, 7) is 6.06. The first kappa shape index (κ1) is 11.5. The van der Waals surface area contributed by atoms with E-state index in [9.17, 15) is 0 Å². The molecule has 0 fully saturated rings. The van der Waals surface area contributed by atoms with E-state index >= 15 is 0 Å². The summed E-state index contributed by atoms with van der Waals surface area (Å²) >= 11 is 0. The molecule has 9 heteroatoms. The Morgan fingerprint density at radius 2 is 1.95 bits per heavy atom. The second-order valence-electron chi connectivity index (χ2n) is 4.33. The van der Waals surface area contributed by atoms with E-state index in [0.717, 1.165) is 11.3 Å². The Hall–Kier alpha value is -2.58. The summed E-state index contributed by atoms with van der Waals surface area (Å²) in [7, 11) is 0. The minimum absolute atomic E-state index is 0.324. The van der Waals surface area contributed by atoms with Crippen molar-refractivity contribution in [1.29, 1.82) is 0 Å². The number of nitrogens with two attached hydrogens (primary N) is 1. The fourth-order valence-electron chi connectivity index (χ4n) is 1.82. The first-order valence-electron chi connectivity index (χ1n) is 5.77. The van der Waals surface area contributed by atoms with Crippen molar-refractivity contribution < 1.29 is 0 Å². The molecule has 0 aliphatic carbocycles. The summed E-state index contributed by atoms with van der Waals surface area (Å²) in [4.78, 5) is 8.69. The van der Waals surface area contributed by atoms with Gasteiger partial charge < -0.3 is 5.73 Å². The van der Waals surface area contributed by atoms with Crippen LogP contribution in [0, 0.1) is 20.8 Å². The molecule has 98 valence electrons. The van der Waals surface area contributed by atoms with Gasteiger partial charge in [0, 0.05) is 11.3 Å². The van der Waals surface area contributed by atoms with Crippen LogP contribution in [0.4, 0.5) is 5.95 Å². The van der Waals surface area contributed by atoms with E-state index in [2.05, 4.69) is 30.6 Å². The molecule has 0 unspecified atom stereocenters. The summed E-state index contributed by atoms with van der Waals surface area (Å²) < 4.78 is 3.16. The highest BCUT2D eigenvalue weighted by atomic mass is 15.5. The van der Waals surface area contributed by atoms with Gasteiger partial charge in [-0.1, -0.05) is 0 Å². The van der Waals surface area contributed by atoms with E-state index in [1.165, 1.54) is 4.52 Å². The molecule has 3 heterocycles. The van der Waals surface area contributed by atoms with Gasteiger partial charge in [0.2, 0.25) is 5.95 Å². The Kier molecular flexibility index (Phi) is 2.40. The number of aromatic nitrogens is 8. The molecule has 0 aliphatic heterocycles. The van der Waals surface area contributed by atoms with Crippen LogP contribution in [0.1, 0.15) is 22.9 Å². The van der Waals surface area contributed by atoms with Crippen LogP contribution >= 0.6 is 0 Å². The predicted octanol–water partition coefficient (Wildman–Crippen LogP) is -0.333. The number of aryl methyl sites for hydroxylation is 3. The van der Waals surface area contributed by atoms with E-state index in [-0.39, 0.29) is 0 Å². The Morgan fingerprint density at radius 3 is 2.63 bits per heavy atom. The second-order valence-corrected chi connectivity index (χ2v) is 4.33. The van der Waals surface area contributed by atoms with Gasteiger partial charge in [0.05, 0.1) is 0 Å². The quantitative estimate of drug-likeness (QED) is 0.670. The SMILES string of the molecule is Cc1nc(N)n2nc(Cn3nnnc3C)nc2c1C. The second kappa shape index (κ2) is 3.97. The lowest BCUT2D eigenvalue weighted by Crippen LogP contribution is -2.07. The molecular weight excluding hydrogens is 246 g/mol. The maximum Gasteiger partial charge on any atom is 0.223 e. The average Bonchev–Trinajstić information content (AvgIpc) is 2.95. The minimum Gasteiger partial charge on any atom is -0.368 e. The van der Waals surface area contributed by atoms with Gasteiger partial charge in [-0.2, -0.15) is 4.52 Å². The maximum atomic E-state index is 5.84. The van der Waals surface area contributed by atoms with Crippen molar-refractivity contribution >= 4 is 11.6 Å². The molecule has 0 saturated carbocycles. The van der Waals surface area contributed by atoms with E-state index < -0.39 is 0 Å². The number of hydrogen-bond acceptors (Lipinski definition) is 7. The van der Waals surface area contributed by atoms with Crippen LogP contribution in [0.15, 0.2) is 0 Å². The number of fused-ring (bicyclic) bond motifs is 1. The van der Waals surface area contributed by atoms with Crippen molar-refractivity contribution in [1.82, 2.24) is 39.8 Å². The standard InChI is InChI=1S/C10H13N9/c1-5-6(2)12-10(11)19-9(5)13-8(15-19)4-18-7(3)14-16-17-18/h4H2,1-3H3,(H2,11,12). The Bertz CT molecular complexity index is 754. The van der Waals surface area contributed by atoms with Crippen LogP contribution in [0.5, 0.6) is 0 Å². The van der Waals surface area contributed by atoms with Crippen molar-refractivity contribution in [2.24, 2.45) is 0 Å². The van der Waals surface area contributed by atoms with Gasteiger partial charge in [0.1, 0.15) is 12.4 Å².